The molecular weight excluding hydrogens is 438 g/mol. The molecule has 0 bridgehead atoms. The lowest BCUT2D eigenvalue weighted by Gasteiger charge is -2.32. The fourth-order valence-electron chi connectivity index (χ4n) is 3.99. The average Bonchev–Trinajstić information content (AvgIpc) is 3.20. The average molecular weight is 470 g/mol. The number of carbonyl (C=O) groups is 1. The molecule has 0 unspecified atom stereocenters. The van der Waals surface area contributed by atoms with Gasteiger partial charge in [-0.3, -0.25) is 4.90 Å². The molecule has 9 heteroatoms. The summed E-state index contributed by atoms with van der Waals surface area (Å²) in [5.41, 5.74) is 2.32. The van der Waals surface area contributed by atoms with Crippen molar-refractivity contribution in [1.29, 1.82) is 0 Å². The number of likely N-dealkylation sites (tertiary alicyclic amines) is 1. The molecule has 182 valence electrons. The van der Waals surface area contributed by atoms with E-state index in [4.69, 9.17) is 19.0 Å². The molecule has 4 rings (SSSR count). The number of aromatic nitrogens is 1. The van der Waals surface area contributed by atoms with E-state index in [0.717, 1.165) is 44.0 Å². The summed E-state index contributed by atoms with van der Waals surface area (Å²) in [6.07, 6.45) is 0.552. The molecule has 3 aromatic rings. The van der Waals surface area contributed by atoms with Crippen LogP contribution in [-0.2, 0) is 6.54 Å². The van der Waals surface area contributed by atoms with Gasteiger partial charge in [0.05, 0.1) is 13.7 Å². The van der Waals surface area contributed by atoms with Crippen molar-refractivity contribution >= 4 is 23.3 Å². The van der Waals surface area contributed by atoms with Crippen LogP contribution in [0.15, 0.2) is 40.8 Å². The summed E-state index contributed by atoms with van der Waals surface area (Å²) in [7, 11) is 1.66. The predicted octanol–water partition coefficient (Wildman–Crippen LogP) is 5.00. The molecule has 1 aromatic heterocycles. The number of piperidine rings is 1. The van der Waals surface area contributed by atoms with Gasteiger partial charge in [-0.2, -0.15) is 4.98 Å². The third-order valence-corrected chi connectivity index (χ3v) is 5.69. The van der Waals surface area contributed by atoms with E-state index in [9.17, 15) is 4.79 Å². The summed E-state index contributed by atoms with van der Waals surface area (Å²) < 4.78 is 21.8. The third kappa shape index (κ3) is 6.11. The lowest BCUT2D eigenvalue weighted by atomic mass is 10.0. The molecule has 1 fully saturated rings. The van der Waals surface area contributed by atoms with Crippen LogP contribution in [-0.4, -0.2) is 54.0 Å². The van der Waals surface area contributed by atoms with Gasteiger partial charge >= 0.3 is 6.16 Å². The van der Waals surface area contributed by atoms with E-state index in [-0.39, 0.29) is 11.8 Å². The van der Waals surface area contributed by atoms with Crippen LogP contribution in [0.2, 0.25) is 0 Å². The van der Waals surface area contributed by atoms with E-state index in [1.54, 1.807) is 19.2 Å². The van der Waals surface area contributed by atoms with Crippen LogP contribution >= 0.6 is 0 Å². The van der Waals surface area contributed by atoms with E-state index in [1.807, 2.05) is 6.07 Å². The Hall–Kier alpha value is -3.46. The first-order chi connectivity index (χ1) is 16.4. The highest BCUT2D eigenvalue weighted by molar-refractivity contribution is 5.77. The SMILES string of the molecule is COc1ccc(CN2CCC(Nc3nc4ccc(OC(=O)O)cc4o3)CC2)cc1OCC(C)C. The first-order valence-corrected chi connectivity index (χ1v) is 11.5. The van der Waals surface area contributed by atoms with Crippen LogP contribution in [0.25, 0.3) is 11.1 Å². The molecule has 1 aliphatic heterocycles. The van der Waals surface area contributed by atoms with E-state index in [2.05, 4.69) is 45.9 Å². The van der Waals surface area contributed by atoms with Gasteiger partial charge in [0.1, 0.15) is 11.3 Å². The maximum Gasteiger partial charge on any atom is 0.511 e. The Kier molecular flexibility index (Phi) is 7.42. The Morgan fingerprint density at radius 1 is 1.21 bits per heavy atom. The zero-order valence-electron chi connectivity index (χ0n) is 19.7. The van der Waals surface area contributed by atoms with Crippen LogP contribution in [0, 0.1) is 5.92 Å². The second-order valence-corrected chi connectivity index (χ2v) is 8.90. The minimum atomic E-state index is -1.36. The lowest BCUT2D eigenvalue weighted by molar-refractivity contribution is 0.144. The van der Waals surface area contributed by atoms with Crippen LogP contribution in [0.4, 0.5) is 10.8 Å². The van der Waals surface area contributed by atoms with Gasteiger partial charge in [0.15, 0.2) is 17.1 Å². The molecule has 2 aromatic carbocycles. The number of carboxylic acid groups (broad SMARTS) is 1. The second kappa shape index (κ2) is 10.6. The highest BCUT2D eigenvalue weighted by atomic mass is 16.7. The molecule has 9 nitrogen and oxygen atoms in total. The minimum Gasteiger partial charge on any atom is -0.493 e. The smallest absolute Gasteiger partial charge is 0.493 e. The van der Waals surface area contributed by atoms with Gasteiger partial charge in [0.25, 0.3) is 6.01 Å². The monoisotopic (exact) mass is 469 g/mol. The van der Waals surface area contributed by atoms with Gasteiger partial charge in [0.2, 0.25) is 0 Å². The van der Waals surface area contributed by atoms with Crippen molar-refractivity contribution in [3.8, 4) is 17.2 Å². The molecular formula is C25H31N3O6. The van der Waals surface area contributed by atoms with Crippen molar-refractivity contribution in [2.75, 3.05) is 32.1 Å². The van der Waals surface area contributed by atoms with Crippen molar-refractivity contribution in [3.05, 3.63) is 42.0 Å². The van der Waals surface area contributed by atoms with Crippen molar-refractivity contribution in [3.63, 3.8) is 0 Å². The third-order valence-electron chi connectivity index (χ3n) is 5.69. The topological polar surface area (TPSA) is 106 Å². The number of ether oxygens (including phenoxy) is 3. The van der Waals surface area contributed by atoms with Crippen LogP contribution in [0.3, 0.4) is 0 Å². The van der Waals surface area contributed by atoms with Crippen molar-refractivity contribution in [2.45, 2.75) is 39.3 Å². The predicted molar refractivity (Wildman–Crippen MR) is 128 cm³/mol. The maximum atomic E-state index is 10.7. The standard InChI is InChI=1S/C25H31N3O6/c1-16(2)15-32-23-12-17(4-7-21(23)31-3)14-28-10-8-18(9-11-28)26-24-27-20-6-5-19(33-25(29)30)13-22(20)34-24/h4-7,12-13,16,18H,8-11,14-15H2,1-3H3,(H,26,27)(H,29,30). The number of anilines is 1. The van der Waals surface area contributed by atoms with Crippen molar-refractivity contribution in [2.24, 2.45) is 5.92 Å². The zero-order chi connectivity index (χ0) is 24.1. The number of rotatable bonds is 9. The maximum absolute atomic E-state index is 10.7. The normalized spacial score (nSPS) is 14.9. The second-order valence-electron chi connectivity index (χ2n) is 8.90. The number of nitrogens with one attached hydrogen (secondary N) is 1. The molecule has 1 aliphatic rings. The van der Waals surface area contributed by atoms with Gasteiger partial charge in [-0.05, 0) is 48.6 Å². The number of oxazole rings is 1. The summed E-state index contributed by atoms with van der Waals surface area (Å²) in [5.74, 6) is 2.19. The molecule has 0 saturated carbocycles. The summed E-state index contributed by atoms with van der Waals surface area (Å²) in [6, 6.07) is 11.6. The molecule has 0 radical (unpaired) electrons. The Bertz CT molecular complexity index is 1120. The molecule has 0 spiro atoms. The number of methoxy groups -OCH3 is 1. The van der Waals surface area contributed by atoms with Crippen LogP contribution < -0.4 is 19.5 Å². The van der Waals surface area contributed by atoms with Crippen molar-refractivity contribution < 1.29 is 28.5 Å². The van der Waals surface area contributed by atoms with Gasteiger partial charge in [-0.25, -0.2) is 4.79 Å². The number of benzene rings is 2. The summed E-state index contributed by atoms with van der Waals surface area (Å²) in [5, 5.41) is 12.1. The molecule has 0 aliphatic carbocycles. The number of fused-ring (bicyclic) bond motifs is 1. The van der Waals surface area contributed by atoms with Gasteiger partial charge < -0.3 is 29.1 Å². The first kappa shape index (κ1) is 23.7. The van der Waals surface area contributed by atoms with Crippen molar-refractivity contribution in [1.82, 2.24) is 9.88 Å². The quantitative estimate of drug-likeness (QED) is 0.330. The Labute approximate surface area is 198 Å². The van der Waals surface area contributed by atoms with Gasteiger partial charge in [-0.1, -0.05) is 19.9 Å². The molecule has 1 saturated heterocycles. The fraction of sp³-hybridized carbons (Fsp3) is 0.440. The van der Waals surface area contributed by atoms with E-state index >= 15 is 0 Å². The highest BCUT2D eigenvalue weighted by Crippen LogP contribution is 2.30. The molecule has 2 heterocycles. The Morgan fingerprint density at radius 3 is 2.71 bits per heavy atom. The summed E-state index contributed by atoms with van der Waals surface area (Å²) >= 11 is 0. The molecule has 34 heavy (non-hydrogen) atoms. The van der Waals surface area contributed by atoms with Crippen LogP contribution in [0.5, 0.6) is 17.2 Å². The van der Waals surface area contributed by atoms with Crippen LogP contribution in [0.1, 0.15) is 32.3 Å². The Balaban J connectivity index is 1.31. The molecule has 0 amide bonds. The summed E-state index contributed by atoms with van der Waals surface area (Å²) in [6.45, 7) is 7.65. The lowest BCUT2D eigenvalue weighted by Crippen LogP contribution is -2.38. The Morgan fingerprint density at radius 2 is 2.00 bits per heavy atom. The summed E-state index contributed by atoms with van der Waals surface area (Å²) in [4.78, 5) is 17.6. The number of hydrogen-bond acceptors (Lipinski definition) is 8. The zero-order valence-corrected chi connectivity index (χ0v) is 19.7. The largest absolute Gasteiger partial charge is 0.511 e. The number of nitrogens with zero attached hydrogens (tertiary/aromatic N) is 2. The van der Waals surface area contributed by atoms with Gasteiger partial charge in [0, 0.05) is 31.7 Å². The minimum absolute atomic E-state index is 0.201. The van der Waals surface area contributed by atoms with Gasteiger partial charge in [-0.15, -0.1) is 0 Å². The molecule has 0 atom stereocenters. The van der Waals surface area contributed by atoms with E-state index in [0.29, 0.717) is 29.6 Å². The highest BCUT2D eigenvalue weighted by Gasteiger charge is 2.21. The van der Waals surface area contributed by atoms with E-state index in [1.165, 1.54) is 11.6 Å². The fourth-order valence-corrected chi connectivity index (χ4v) is 3.99. The molecule has 2 N–H and O–H groups in total. The first-order valence-electron chi connectivity index (χ1n) is 11.5. The number of hydrogen-bond donors (Lipinski definition) is 2. The van der Waals surface area contributed by atoms with E-state index < -0.39 is 6.16 Å².